The van der Waals surface area contributed by atoms with Gasteiger partial charge in [-0.25, -0.2) is 0 Å². The number of nitrogens with two attached hydrogens (primary N) is 1. The first kappa shape index (κ1) is 12.1. The average Bonchev–Trinajstić information content (AvgIpc) is 2.01. The Bertz CT molecular complexity index is 318. The molecule has 0 aromatic heterocycles. The molecular weight excluding hydrogens is 258 g/mol. The van der Waals surface area contributed by atoms with Crippen molar-refractivity contribution in [3.63, 3.8) is 0 Å². The standard InChI is InChI=1S/C11H16BrNS/c1-11(2,3)14-10-6-4-5-9(12)8(10)7-13/h4-6H,7,13H2,1-3H3. The highest BCUT2D eigenvalue weighted by Gasteiger charge is 2.15. The molecule has 0 aliphatic heterocycles. The zero-order valence-corrected chi connectivity index (χ0v) is 11.2. The molecule has 0 aliphatic rings. The van der Waals surface area contributed by atoms with Gasteiger partial charge in [0.2, 0.25) is 0 Å². The summed E-state index contributed by atoms with van der Waals surface area (Å²) >= 11 is 5.38. The Balaban J connectivity index is 3.02. The van der Waals surface area contributed by atoms with Crippen LogP contribution in [0.15, 0.2) is 27.6 Å². The number of hydrogen-bond acceptors (Lipinski definition) is 2. The lowest BCUT2D eigenvalue weighted by Gasteiger charge is -2.20. The molecule has 0 bridgehead atoms. The predicted octanol–water partition coefficient (Wildman–Crippen LogP) is 3.80. The highest BCUT2D eigenvalue weighted by atomic mass is 79.9. The van der Waals surface area contributed by atoms with Gasteiger partial charge in [-0.05, 0) is 17.7 Å². The van der Waals surface area contributed by atoms with E-state index < -0.39 is 0 Å². The molecule has 0 unspecified atom stereocenters. The van der Waals surface area contributed by atoms with Gasteiger partial charge in [0.05, 0.1) is 0 Å². The summed E-state index contributed by atoms with van der Waals surface area (Å²) in [5.74, 6) is 0. The molecule has 1 aromatic rings. The van der Waals surface area contributed by atoms with E-state index in [9.17, 15) is 0 Å². The van der Waals surface area contributed by atoms with Crippen LogP contribution in [0.2, 0.25) is 0 Å². The van der Waals surface area contributed by atoms with Crippen molar-refractivity contribution in [2.45, 2.75) is 37.0 Å². The fourth-order valence-corrected chi connectivity index (χ4v) is 2.94. The van der Waals surface area contributed by atoms with Crippen LogP contribution in [0.3, 0.4) is 0 Å². The van der Waals surface area contributed by atoms with Crippen molar-refractivity contribution in [1.82, 2.24) is 0 Å². The first-order chi connectivity index (χ1) is 6.44. The molecule has 0 amide bonds. The number of thioether (sulfide) groups is 1. The molecular formula is C11H16BrNS. The Morgan fingerprint density at radius 3 is 2.50 bits per heavy atom. The summed E-state index contributed by atoms with van der Waals surface area (Å²) in [6.07, 6.45) is 0. The molecule has 1 aromatic carbocycles. The van der Waals surface area contributed by atoms with Gasteiger partial charge in [-0.15, -0.1) is 11.8 Å². The molecule has 0 heterocycles. The monoisotopic (exact) mass is 273 g/mol. The van der Waals surface area contributed by atoms with Crippen molar-refractivity contribution in [3.8, 4) is 0 Å². The van der Waals surface area contributed by atoms with Crippen LogP contribution >= 0.6 is 27.7 Å². The van der Waals surface area contributed by atoms with Crippen molar-refractivity contribution in [1.29, 1.82) is 0 Å². The quantitative estimate of drug-likeness (QED) is 0.830. The van der Waals surface area contributed by atoms with E-state index in [-0.39, 0.29) is 4.75 Å². The van der Waals surface area contributed by atoms with E-state index in [2.05, 4.69) is 48.8 Å². The van der Waals surface area contributed by atoms with Crippen molar-refractivity contribution in [3.05, 3.63) is 28.2 Å². The SMILES string of the molecule is CC(C)(C)Sc1cccc(Br)c1CN. The summed E-state index contributed by atoms with van der Waals surface area (Å²) in [7, 11) is 0. The van der Waals surface area contributed by atoms with Crippen molar-refractivity contribution in [2.75, 3.05) is 0 Å². The normalized spacial score (nSPS) is 11.8. The van der Waals surface area contributed by atoms with E-state index in [0.29, 0.717) is 6.54 Å². The van der Waals surface area contributed by atoms with Gasteiger partial charge in [-0.2, -0.15) is 0 Å². The Hall–Kier alpha value is 0.01000. The molecule has 2 N–H and O–H groups in total. The zero-order chi connectivity index (χ0) is 10.8. The number of halogens is 1. The van der Waals surface area contributed by atoms with Crippen LogP contribution in [0.5, 0.6) is 0 Å². The van der Waals surface area contributed by atoms with Gasteiger partial charge in [0.1, 0.15) is 0 Å². The van der Waals surface area contributed by atoms with Gasteiger partial charge in [-0.3, -0.25) is 0 Å². The fraction of sp³-hybridized carbons (Fsp3) is 0.455. The van der Waals surface area contributed by atoms with Crippen LogP contribution in [-0.4, -0.2) is 4.75 Å². The van der Waals surface area contributed by atoms with E-state index in [1.54, 1.807) is 0 Å². The van der Waals surface area contributed by atoms with Crippen LogP contribution in [0.4, 0.5) is 0 Å². The lowest BCUT2D eigenvalue weighted by molar-refractivity contribution is 0.801. The van der Waals surface area contributed by atoms with E-state index in [4.69, 9.17) is 5.73 Å². The first-order valence-corrected chi connectivity index (χ1v) is 6.21. The minimum atomic E-state index is 0.227. The maximum absolute atomic E-state index is 5.73. The smallest absolute Gasteiger partial charge is 0.0231 e. The summed E-state index contributed by atoms with van der Waals surface area (Å²) in [6.45, 7) is 7.20. The van der Waals surface area contributed by atoms with Gasteiger partial charge in [0.25, 0.3) is 0 Å². The largest absolute Gasteiger partial charge is 0.326 e. The van der Waals surface area contributed by atoms with Gasteiger partial charge in [0, 0.05) is 20.7 Å². The highest BCUT2D eigenvalue weighted by Crippen LogP contribution is 2.36. The lowest BCUT2D eigenvalue weighted by Crippen LogP contribution is -2.09. The third-order valence-electron chi connectivity index (χ3n) is 1.70. The van der Waals surface area contributed by atoms with E-state index in [1.807, 2.05) is 17.8 Å². The number of benzene rings is 1. The first-order valence-electron chi connectivity index (χ1n) is 4.60. The van der Waals surface area contributed by atoms with Gasteiger partial charge < -0.3 is 5.73 Å². The van der Waals surface area contributed by atoms with Gasteiger partial charge >= 0.3 is 0 Å². The highest BCUT2D eigenvalue weighted by molar-refractivity contribution is 9.10. The second-order valence-electron chi connectivity index (χ2n) is 4.14. The molecule has 1 nitrogen and oxygen atoms in total. The minimum absolute atomic E-state index is 0.227. The Kier molecular flexibility index (Phi) is 4.04. The predicted molar refractivity (Wildman–Crippen MR) is 67.6 cm³/mol. The molecule has 0 atom stereocenters. The topological polar surface area (TPSA) is 26.0 Å². The van der Waals surface area contributed by atoms with Crippen LogP contribution in [-0.2, 0) is 6.54 Å². The van der Waals surface area contributed by atoms with E-state index >= 15 is 0 Å². The fourth-order valence-electron chi connectivity index (χ4n) is 1.16. The maximum atomic E-state index is 5.73. The molecule has 78 valence electrons. The van der Waals surface area contributed by atoms with Crippen molar-refractivity contribution in [2.24, 2.45) is 5.73 Å². The Labute approximate surface area is 98.6 Å². The Morgan fingerprint density at radius 1 is 1.36 bits per heavy atom. The molecule has 0 fully saturated rings. The van der Waals surface area contributed by atoms with Crippen molar-refractivity contribution < 1.29 is 0 Å². The lowest BCUT2D eigenvalue weighted by atomic mass is 10.2. The molecule has 0 radical (unpaired) electrons. The average molecular weight is 274 g/mol. The summed E-state index contributed by atoms with van der Waals surface area (Å²) < 4.78 is 1.33. The Morgan fingerprint density at radius 2 is 2.00 bits per heavy atom. The van der Waals surface area contributed by atoms with Gasteiger partial charge in [-0.1, -0.05) is 42.8 Å². The molecule has 1 rings (SSSR count). The van der Waals surface area contributed by atoms with E-state index in [1.165, 1.54) is 10.5 Å². The third-order valence-corrected chi connectivity index (χ3v) is 3.65. The van der Waals surface area contributed by atoms with Crippen LogP contribution in [0.25, 0.3) is 0 Å². The summed E-state index contributed by atoms with van der Waals surface area (Å²) in [4.78, 5) is 1.27. The molecule has 0 aliphatic carbocycles. The van der Waals surface area contributed by atoms with Crippen LogP contribution in [0, 0.1) is 0 Å². The second-order valence-corrected chi connectivity index (χ2v) is 6.86. The van der Waals surface area contributed by atoms with E-state index in [0.717, 1.165) is 4.47 Å². The maximum Gasteiger partial charge on any atom is 0.0231 e. The van der Waals surface area contributed by atoms with Gasteiger partial charge in [0.15, 0.2) is 0 Å². The molecule has 0 saturated carbocycles. The summed E-state index contributed by atoms with van der Waals surface area (Å²) in [5, 5.41) is 0. The van der Waals surface area contributed by atoms with Crippen LogP contribution in [0.1, 0.15) is 26.3 Å². The second kappa shape index (κ2) is 4.69. The third kappa shape index (κ3) is 3.30. The zero-order valence-electron chi connectivity index (χ0n) is 8.80. The van der Waals surface area contributed by atoms with Crippen LogP contribution < -0.4 is 5.73 Å². The summed E-state index contributed by atoms with van der Waals surface area (Å²) in [6, 6.07) is 6.22. The van der Waals surface area contributed by atoms with Crippen molar-refractivity contribution >= 4 is 27.7 Å². The number of hydrogen-bond donors (Lipinski definition) is 1. The number of rotatable bonds is 2. The molecule has 0 saturated heterocycles. The molecule has 0 spiro atoms. The molecule has 3 heteroatoms. The summed E-state index contributed by atoms with van der Waals surface area (Å²) in [5.41, 5.74) is 6.93. The minimum Gasteiger partial charge on any atom is -0.326 e. The molecule has 14 heavy (non-hydrogen) atoms.